The maximum atomic E-state index is 9.75. The normalized spacial score (nSPS) is 31.6. The van der Waals surface area contributed by atoms with Crippen molar-refractivity contribution in [3.63, 3.8) is 0 Å². The Kier molecular flexibility index (Phi) is 2.69. The summed E-state index contributed by atoms with van der Waals surface area (Å²) < 4.78 is 0. The fourth-order valence-electron chi connectivity index (χ4n) is 2.30. The lowest BCUT2D eigenvalue weighted by molar-refractivity contribution is 0.152. The van der Waals surface area contributed by atoms with Gasteiger partial charge in [0.05, 0.1) is 6.10 Å². The Morgan fingerprint density at radius 3 is 2.50 bits per heavy atom. The van der Waals surface area contributed by atoms with Crippen LogP contribution >= 0.6 is 0 Å². The highest BCUT2D eigenvalue weighted by atomic mass is 16.3. The number of hydrogen-bond donors (Lipinski definition) is 1. The highest BCUT2D eigenvalue weighted by Crippen LogP contribution is 2.38. The van der Waals surface area contributed by atoms with Crippen LogP contribution in [0, 0.1) is 5.92 Å². The van der Waals surface area contributed by atoms with Crippen molar-refractivity contribution in [2.75, 3.05) is 0 Å². The highest BCUT2D eigenvalue weighted by molar-refractivity contribution is 5.22. The third-order valence-corrected chi connectivity index (χ3v) is 3.15. The third-order valence-electron chi connectivity index (χ3n) is 3.15. The van der Waals surface area contributed by atoms with Gasteiger partial charge in [0.1, 0.15) is 0 Å². The Bertz CT molecular complexity index is 304. The molecule has 0 spiro atoms. The van der Waals surface area contributed by atoms with Gasteiger partial charge in [0.2, 0.25) is 0 Å². The molecule has 1 fully saturated rings. The van der Waals surface area contributed by atoms with Crippen LogP contribution in [0.15, 0.2) is 43.0 Å². The van der Waals surface area contributed by atoms with E-state index in [9.17, 15) is 5.11 Å². The molecular formula is C13H16O. The number of benzene rings is 1. The second kappa shape index (κ2) is 3.97. The maximum absolute atomic E-state index is 9.75. The molecule has 0 aliphatic heterocycles. The summed E-state index contributed by atoms with van der Waals surface area (Å²) in [7, 11) is 0. The van der Waals surface area contributed by atoms with Gasteiger partial charge in [-0.25, -0.2) is 0 Å². The molecule has 1 N–H and O–H groups in total. The molecule has 0 bridgehead atoms. The van der Waals surface area contributed by atoms with Gasteiger partial charge in [0.25, 0.3) is 0 Å². The van der Waals surface area contributed by atoms with Crippen LogP contribution < -0.4 is 0 Å². The fraction of sp³-hybridized carbons (Fsp3) is 0.385. The maximum Gasteiger partial charge on any atom is 0.0608 e. The van der Waals surface area contributed by atoms with Crippen molar-refractivity contribution in [2.24, 2.45) is 5.92 Å². The van der Waals surface area contributed by atoms with Gasteiger partial charge < -0.3 is 5.11 Å². The minimum atomic E-state index is -0.197. The second-order valence-corrected chi connectivity index (χ2v) is 4.05. The summed E-state index contributed by atoms with van der Waals surface area (Å²) in [6, 6.07) is 10.4. The zero-order valence-corrected chi connectivity index (χ0v) is 8.26. The summed E-state index contributed by atoms with van der Waals surface area (Å²) in [6.07, 6.45) is 3.60. The van der Waals surface area contributed by atoms with Gasteiger partial charge in [0, 0.05) is 5.92 Å². The van der Waals surface area contributed by atoms with Crippen molar-refractivity contribution in [1.29, 1.82) is 0 Å². The minimum absolute atomic E-state index is 0.197. The van der Waals surface area contributed by atoms with E-state index in [4.69, 9.17) is 0 Å². The van der Waals surface area contributed by atoms with Crippen LogP contribution in [-0.2, 0) is 0 Å². The van der Waals surface area contributed by atoms with Crippen molar-refractivity contribution in [2.45, 2.75) is 24.9 Å². The van der Waals surface area contributed by atoms with E-state index in [1.165, 1.54) is 5.56 Å². The zero-order valence-electron chi connectivity index (χ0n) is 8.26. The molecule has 1 nitrogen and oxygen atoms in total. The van der Waals surface area contributed by atoms with Gasteiger partial charge in [-0.15, -0.1) is 6.58 Å². The summed E-state index contributed by atoms with van der Waals surface area (Å²) in [5.41, 5.74) is 1.34. The number of rotatable bonds is 2. The van der Waals surface area contributed by atoms with E-state index >= 15 is 0 Å². The highest BCUT2D eigenvalue weighted by Gasteiger charge is 2.31. The molecule has 1 saturated carbocycles. The first-order chi connectivity index (χ1) is 6.81. The topological polar surface area (TPSA) is 20.2 Å². The Labute approximate surface area is 85.1 Å². The molecule has 0 unspecified atom stereocenters. The average Bonchev–Trinajstić information content (AvgIpc) is 2.61. The summed E-state index contributed by atoms with van der Waals surface area (Å²) in [5.74, 6) is 0.786. The van der Waals surface area contributed by atoms with Crippen LogP contribution in [0.4, 0.5) is 0 Å². The first-order valence-corrected chi connectivity index (χ1v) is 5.17. The molecule has 1 aromatic rings. The van der Waals surface area contributed by atoms with Gasteiger partial charge in [0.15, 0.2) is 0 Å². The van der Waals surface area contributed by atoms with E-state index in [0.717, 1.165) is 12.8 Å². The Hall–Kier alpha value is -1.08. The standard InChI is InChI=1S/C13H16O/c1-2-10-8-12(9-13(10)14)11-6-4-3-5-7-11/h2-7,10,12-14H,1,8-9H2/t10-,12+,13-/m0/s1. The Morgan fingerprint density at radius 2 is 1.93 bits per heavy atom. The molecule has 0 amide bonds. The van der Waals surface area contributed by atoms with Crippen LogP contribution in [0.3, 0.4) is 0 Å². The van der Waals surface area contributed by atoms with E-state index < -0.39 is 0 Å². The predicted octanol–water partition coefficient (Wildman–Crippen LogP) is 2.73. The lowest BCUT2D eigenvalue weighted by atomic mass is 9.96. The largest absolute Gasteiger partial charge is 0.392 e. The lowest BCUT2D eigenvalue weighted by Gasteiger charge is -2.08. The Morgan fingerprint density at radius 1 is 1.21 bits per heavy atom. The summed E-state index contributed by atoms with van der Waals surface area (Å²) >= 11 is 0. The molecule has 1 aliphatic rings. The zero-order chi connectivity index (χ0) is 9.97. The van der Waals surface area contributed by atoms with Gasteiger partial charge in [-0.2, -0.15) is 0 Å². The average molecular weight is 188 g/mol. The SMILES string of the molecule is C=C[C@H]1C[C@@H](c2ccccc2)C[C@@H]1O. The van der Waals surface area contributed by atoms with Crippen molar-refractivity contribution >= 4 is 0 Å². The minimum Gasteiger partial charge on any atom is -0.392 e. The number of aliphatic hydroxyl groups excluding tert-OH is 1. The molecule has 2 rings (SSSR count). The van der Waals surface area contributed by atoms with Crippen LogP contribution in [0.5, 0.6) is 0 Å². The van der Waals surface area contributed by atoms with Crippen molar-refractivity contribution in [3.8, 4) is 0 Å². The quantitative estimate of drug-likeness (QED) is 0.707. The number of aliphatic hydroxyl groups is 1. The monoisotopic (exact) mass is 188 g/mol. The van der Waals surface area contributed by atoms with Crippen molar-refractivity contribution < 1.29 is 5.11 Å². The number of hydrogen-bond acceptors (Lipinski definition) is 1. The van der Waals surface area contributed by atoms with Crippen LogP contribution in [0.2, 0.25) is 0 Å². The molecule has 1 aliphatic carbocycles. The molecule has 14 heavy (non-hydrogen) atoms. The first kappa shape index (κ1) is 9.47. The summed E-state index contributed by atoms with van der Waals surface area (Å²) in [4.78, 5) is 0. The third kappa shape index (κ3) is 1.73. The molecular weight excluding hydrogens is 172 g/mol. The predicted molar refractivity (Wildman–Crippen MR) is 58.1 cm³/mol. The van der Waals surface area contributed by atoms with Crippen LogP contribution in [0.25, 0.3) is 0 Å². The molecule has 3 atom stereocenters. The van der Waals surface area contributed by atoms with E-state index in [1.54, 1.807) is 0 Å². The van der Waals surface area contributed by atoms with Gasteiger partial charge in [-0.05, 0) is 24.3 Å². The summed E-state index contributed by atoms with van der Waals surface area (Å²) in [6.45, 7) is 3.76. The molecule has 1 aromatic carbocycles. The van der Waals surface area contributed by atoms with Gasteiger partial charge in [-0.1, -0.05) is 36.4 Å². The first-order valence-electron chi connectivity index (χ1n) is 5.17. The summed E-state index contributed by atoms with van der Waals surface area (Å²) in [5, 5.41) is 9.75. The van der Waals surface area contributed by atoms with E-state index in [2.05, 4.69) is 30.8 Å². The fourth-order valence-corrected chi connectivity index (χ4v) is 2.30. The molecule has 74 valence electrons. The van der Waals surface area contributed by atoms with Gasteiger partial charge in [-0.3, -0.25) is 0 Å². The molecule has 0 saturated heterocycles. The van der Waals surface area contributed by atoms with E-state index in [0.29, 0.717) is 5.92 Å². The lowest BCUT2D eigenvalue weighted by Crippen LogP contribution is -2.09. The van der Waals surface area contributed by atoms with Crippen LogP contribution in [0.1, 0.15) is 24.3 Å². The van der Waals surface area contributed by atoms with Crippen LogP contribution in [-0.4, -0.2) is 11.2 Å². The molecule has 0 aromatic heterocycles. The second-order valence-electron chi connectivity index (χ2n) is 4.05. The smallest absolute Gasteiger partial charge is 0.0608 e. The molecule has 0 radical (unpaired) electrons. The Balaban J connectivity index is 2.12. The van der Waals surface area contributed by atoms with E-state index in [-0.39, 0.29) is 12.0 Å². The molecule has 1 heteroatoms. The van der Waals surface area contributed by atoms with Crippen molar-refractivity contribution in [3.05, 3.63) is 48.6 Å². The molecule has 0 heterocycles. The van der Waals surface area contributed by atoms with Gasteiger partial charge >= 0.3 is 0 Å². The van der Waals surface area contributed by atoms with Crippen molar-refractivity contribution in [1.82, 2.24) is 0 Å². The van der Waals surface area contributed by atoms with E-state index in [1.807, 2.05) is 12.1 Å².